The lowest BCUT2D eigenvalue weighted by Gasteiger charge is -2.13. The highest BCUT2D eigenvalue weighted by molar-refractivity contribution is 6.30. The molecule has 1 N–H and O–H groups in total. The minimum absolute atomic E-state index is 0.0965. The smallest absolute Gasteiger partial charge is 0.324 e. The van der Waals surface area contributed by atoms with Crippen LogP contribution in [-0.2, 0) is 17.9 Å². The van der Waals surface area contributed by atoms with Crippen LogP contribution in [0.3, 0.4) is 0 Å². The Morgan fingerprint density at radius 1 is 0.967 bits per heavy atom. The van der Waals surface area contributed by atoms with Crippen LogP contribution in [0.15, 0.2) is 82.5 Å². The maximum absolute atomic E-state index is 13.1. The third kappa shape index (κ3) is 4.01. The van der Waals surface area contributed by atoms with Crippen molar-refractivity contribution in [1.82, 2.24) is 14.1 Å². The van der Waals surface area contributed by atoms with Crippen LogP contribution < -0.4 is 16.6 Å². The third-order valence-corrected chi connectivity index (χ3v) is 4.81. The number of fused-ring (bicyclic) bond motifs is 1. The molecule has 2 aromatic carbocycles. The number of halogens is 1. The quantitative estimate of drug-likeness (QED) is 0.538. The average molecular weight is 421 g/mol. The number of benzene rings is 2. The Labute approximate surface area is 176 Å². The second-order valence-electron chi connectivity index (χ2n) is 6.68. The maximum atomic E-state index is 13.1. The Balaban J connectivity index is 1.76. The van der Waals surface area contributed by atoms with Crippen LogP contribution in [0.4, 0.5) is 5.69 Å². The number of amides is 1. The number of carbonyl (C=O) groups excluding carboxylic acids is 1. The van der Waals surface area contributed by atoms with Crippen molar-refractivity contribution in [2.45, 2.75) is 13.1 Å². The van der Waals surface area contributed by atoms with E-state index >= 15 is 0 Å². The number of anilines is 1. The average Bonchev–Trinajstić information content (AvgIpc) is 2.75. The van der Waals surface area contributed by atoms with Gasteiger partial charge in [-0.05, 0) is 35.9 Å². The van der Waals surface area contributed by atoms with Crippen LogP contribution in [0.5, 0.6) is 0 Å². The molecule has 0 saturated carbocycles. The van der Waals surface area contributed by atoms with Crippen molar-refractivity contribution in [3.05, 3.63) is 104 Å². The first-order valence-corrected chi connectivity index (χ1v) is 9.58. The van der Waals surface area contributed by atoms with Gasteiger partial charge in [0.25, 0.3) is 5.56 Å². The summed E-state index contributed by atoms with van der Waals surface area (Å²) in [7, 11) is 0. The molecule has 0 aliphatic heterocycles. The van der Waals surface area contributed by atoms with Gasteiger partial charge in [-0.1, -0.05) is 48.0 Å². The lowest BCUT2D eigenvalue weighted by atomic mass is 10.2. The summed E-state index contributed by atoms with van der Waals surface area (Å²) < 4.78 is 2.32. The number of nitrogens with one attached hydrogen (secondary N) is 1. The molecule has 0 fully saturated rings. The molecule has 0 atom stereocenters. The van der Waals surface area contributed by atoms with E-state index in [1.54, 1.807) is 36.4 Å². The van der Waals surface area contributed by atoms with Gasteiger partial charge in [0, 0.05) is 16.9 Å². The van der Waals surface area contributed by atoms with E-state index in [2.05, 4.69) is 10.3 Å². The van der Waals surface area contributed by atoms with Gasteiger partial charge in [-0.15, -0.1) is 0 Å². The van der Waals surface area contributed by atoms with Gasteiger partial charge >= 0.3 is 5.69 Å². The molecule has 0 spiro atoms. The minimum atomic E-state index is -0.601. The zero-order valence-electron chi connectivity index (χ0n) is 15.8. The second-order valence-corrected chi connectivity index (χ2v) is 7.12. The summed E-state index contributed by atoms with van der Waals surface area (Å²) in [5, 5.41) is 3.46. The van der Waals surface area contributed by atoms with Crippen molar-refractivity contribution < 1.29 is 4.79 Å². The molecule has 0 bridgehead atoms. The van der Waals surface area contributed by atoms with E-state index in [4.69, 9.17) is 11.6 Å². The third-order valence-electron chi connectivity index (χ3n) is 4.57. The molecular weight excluding hydrogens is 404 g/mol. The fourth-order valence-electron chi connectivity index (χ4n) is 3.21. The molecule has 4 rings (SSSR count). The zero-order valence-corrected chi connectivity index (χ0v) is 16.5. The van der Waals surface area contributed by atoms with Crippen LogP contribution in [0.2, 0.25) is 5.02 Å². The summed E-state index contributed by atoms with van der Waals surface area (Å²) in [6.07, 6.45) is 1.48. The lowest BCUT2D eigenvalue weighted by Crippen LogP contribution is -2.42. The van der Waals surface area contributed by atoms with Crippen molar-refractivity contribution in [3.63, 3.8) is 0 Å². The van der Waals surface area contributed by atoms with Gasteiger partial charge < -0.3 is 5.32 Å². The number of pyridine rings is 1. The first-order chi connectivity index (χ1) is 14.5. The van der Waals surface area contributed by atoms with E-state index in [-0.39, 0.29) is 24.1 Å². The van der Waals surface area contributed by atoms with Crippen LogP contribution in [-0.4, -0.2) is 20.0 Å². The number of nitrogens with zero attached hydrogens (tertiary/aromatic N) is 3. The first kappa shape index (κ1) is 19.6. The van der Waals surface area contributed by atoms with Gasteiger partial charge in [0.15, 0.2) is 0 Å². The van der Waals surface area contributed by atoms with E-state index in [1.165, 1.54) is 10.8 Å². The summed E-state index contributed by atoms with van der Waals surface area (Å²) in [4.78, 5) is 42.8. The molecule has 4 aromatic rings. The molecule has 0 aliphatic rings. The highest BCUT2D eigenvalue weighted by Gasteiger charge is 2.16. The van der Waals surface area contributed by atoms with Crippen molar-refractivity contribution in [3.8, 4) is 0 Å². The predicted molar refractivity (Wildman–Crippen MR) is 116 cm³/mol. The number of aromatic nitrogens is 3. The van der Waals surface area contributed by atoms with Gasteiger partial charge in [0.05, 0.1) is 11.9 Å². The Bertz CT molecular complexity index is 1350. The minimum Gasteiger partial charge on any atom is -0.324 e. The topological polar surface area (TPSA) is 86.0 Å². The van der Waals surface area contributed by atoms with E-state index in [9.17, 15) is 14.4 Å². The molecule has 0 unspecified atom stereocenters. The fourth-order valence-corrected chi connectivity index (χ4v) is 3.40. The van der Waals surface area contributed by atoms with Gasteiger partial charge in [-0.25, -0.2) is 9.78 Å². The SMILES string of the molecule is O=C(Cn1c(=O)n(Cc2ccccc2)c(=O)c2cccnc21)Nc1cccc(Cl)c1. The highest BCUT2D eigenvalue weighted by atomic mass is 35.5. The maximum Gasteiger partial charge on any atom is 0.333 e. The van der Waals surface area contributed by atoms with Crippen molar-refractivity contribution in [2.75, 3.05) is 5.32 Å². The number of hydrogen-bond donors (Lipinski definition) is 1. The van der Waals surface area contributed by atoms with E-state index < -0.39 is 17.2 Å². The molecule has 0 aliphatic carbocycles. The van der Waals surface area contributed by atoms with Gasteiger partial charge in [-0.2, -0.15) is 0 Å². The second kappa shape index (κ2) is 8.34. The van der Waals surface area contributed by atoms with E-state index in [0.717, 1.165) is 10.1 Å². The summed E-state index contributed by atoms with van der Waals surface area (Å²) in [5.41, 5.74) is 0.429. The standard InChI is InChI=1S/C22H17ClN4O3/c23-16-8-4-9-17(12-16)25-19(28)14-26-20-18(10-5-11-24-20)21(29)27(22(26)30)13-15-6-2-1-3-7-15/h1-12H,13-14H2,(H,25,28). The van der Waals surface area contributed by atoms with Crippen molar-refractivity contribution in [2.24, 2.45) is 0 Å². The molecule has 0 saturated heterocycles. The van der Waals surface area contributed by atoms with Gasteiger partial charge in [-0.3, -0.25) is 18.7 Å². The summed E-state index contributed by atoms with van der Waals surface area (Å²) in [6, 6.07) is 19.1. The van der Waals surface area contributed by atoms with E-state index in [1.807, 2.05) is 30.3 Å². The predicted octanol–water partition coefficient (Wildman–Crippen LogP) is 2.90. The van der Waals surface area contributed by atoms with Crippen LogP contribution in [0.1, 0.15) is 5.56 Å². The normalized spacial score (nSPS) is 10.8. The molecule has 8 heteroatoms. The summed E-state index contributed by atoms with van der Waals surface area (Å²) in [6.45, 7) is -0.201. The fraction of sp³-hybridized carbons (Fsp3) is 0.0909. The van der Waals surface area contributed by atoms with Crippen molar-refractivity contribution in [1.29, 1.82) is 0 Å². The van der Waals surface area contributed by atoms with Gasteiger partial charge in [0.2, 0.25) is 5.91 Å². The van der Waals surface area contributed by atoms with Crippen LogP contribution in [0.25, 0.3) is 11.0 Å². The Hall–Kier alpha value is -3.71. The van der Waals surface area contributed by atoms with Crippen LogP contribution >= 0.6 is 11.6 Å². The molecular formula is C22H17ClN4O3. The first-order valence-electron chi connectivity index (χ1n) is 9.20. The molecule has 30 heavy (non-hydrogen) atoms. The number of rotatable bonds is 5. The molecule has 0 radical (unpaired) electrons. The lowest BCUT2D eigenvalue weighted by molar-refractivity contribution is -0.116. The Kier molecular flexibility index (Phi) is 5.45. The largest absolute Gasteiger partial charge is 0.333 e. The van der Waals surface area contributed by atoms with Crippen molar-refractivity contribution >= 4 is 34.2 Å². The number of hydrogen-bond acceptors (Lipinski definition) is 4. The van der Waals surface area contributed by atoms with Crippen LogP contribution in [0, 0.1) is 0 Å². The highest BCUT2D eigenvalue weighted by Crippen LogP contribution is 2.15. The number of carbonyl (C=O) groups is 1. The molecule has 2 aromatic heterocycles. The zero-order chi connectivity index (χ0) is 21.1. The molecule has 1 amide bonds. The molecule has 7 nitrogen and oxygen atoms in total. The summed E-state index contributed by atoms with van der Waals surface area (Å²) in [5.74, 6) is -0.434. The van der Waals surface area contributed by atoms with E-state index in [0.29, 0.717) is 10.7 Å². The molecule has 150 valence electrons. The summed E-state index contributed by atoms with van der Waals surface area (Å²) >= 11 is 5.95. The monoisotopic (exact) mass is 420 g/mol. The Morgan fingerprint density at radius 3 is 2.53 bits per heavy atom. The molecule has 2 heterocycles. The Morgan fingerprint density at radius 2 is 1.77 bits per heavy atom. The van der Waals surface area contributed by atoms with Gasteiger partial charge in [0.1, 0.15) is 12.2 Å².